The van der Waals surface area contributed by atoms with E-state index in [4.69, 9.17) is 13.9 Å². The fourth-order valence-corrected chi connectivity index (χ4v) is 2.61. The molecule has 29 heavy (non-hydrogen) atoms. The van der Waals surface area contributed by atoms with E-state index in [2.05, 4.69) is 15.0 Å². The van der Waals surface area contributed by atoms with Crippen LogP contribution < -0.4 is 9.47 Å². The Bertz CT molecular complexity index is 1180. The van der Waals surface area contributed by atoms with E-state index in [1.54, 1.807) is 31.2 Å². The van der Waals surface area contributed by atoms with Crippen molar-refractivity contribution in [2.75, 3.05) is 6.61 Å². The number of aromatic nitrogens is 3. The molecule has 8 heteroatoms. The summed E-state index contributed by atoms with van der Waals surface area (Å²) >= 11 is 0. The molecule has 0 spiro atoms. The van der Waals surface area contributed by atoms with E-state index in [-0.39, 0.29) is 29.2 Å². The molecule has 0 aliphatic rings. The number of nitrogens with zero attached hydrogens (tertiary/aromatic N) is 3. The van der Waals surface area contributed by atoms with Gasteiger partial charge in [0.2, 0.25) is 5.89 Å². The summed E-state index contributed by atoms with van der Waals surface area (Å²) in [5, 5.41) is 0. The smallest absolute Gasteiger partial charge is 0.328 e. The van der Waals surface area contributed by atoms with Gasteiger partial charge >= 0.3 is 6.01 Å². The van der Waals surface area contributed by atoms with Gasteiger partial charge in [-0.25, -0.2) is 13.8 Å². The van der Waals surface area contributed by atoms with Crippen LogP contribution in [0.15, 0.2) is 46.9 Å². The maximum absolute atomic E-state index is 13.8. The molecule has 0 bridgehead atoms. The van der Waals surface area contributed by atoms with Crippen LogP contribution in [0.4, 0.5) is 8.78 Å². The molecule has 2 heterocycles. The zero-order valence-corrected chi connectivity index (χ0v) is 15.8. The SMILES string of the molecule is CCCOc1nc(Oc2ccc(C)c(F)c2)nc2oc(-c3cccc(F)c3)nc12. The van der Waals surface area contributed by atoms with E-state index in [0.717, 1.165) is 6.42 Å². The monoisotopic (exact) mass is 397 g/mol. The molecule has 0 saturated heterocycles. The van der Waals surface area contributed by atoms with Gasteiger partial charge in [-0.05, 0) is 43.2 Å². The van der Waals surface area contributed by atoms with Gasteiger partial charge in [-0.3, -0.25) is 0 Å². The first-order valence-corrected chi connectivity index (χ1v) is 9.05. The van der Waals surface area contributed by atoms with Crippen LogP contribution in [0, 0.1) is 18.6 Å². The lowest BCUT2D eigenvalue weighted by Gasteiger charge is -2.07. The van der Waals surface area contributed by atoms with Crippen LogP contribution in [0.1, 0.15) is 18.9 Å². The Hall–Kier alpha value is -3.55. The normalized spacial score (nSPS) is 11.0. The van der Waals surface area contributed by atoms with Crippen molar-refractivity contribution in [3.63, 3.8) is 0 Å². The molecule has 4 aromatic rings. The van der Waals surface area contributed by atoms with Gasteiger partial charge in [0.15, 0.2) is 5.52 Å². The number of hydrogen-bond donors (Lipinski definition) is 0. The Balaban J connectivity index is 1.76. The zero-order valence-electron chi connectivity index (χ0n) is 15.8. The third kappa shape index (κ3) is 4.01. The minimum Gasteiger partial charge on any atom is -0.476 e. The number of oxazole rings is 1. The van der Waals surface area contributed by atoms with Crippen LogP contribution >= 0.6 is 0 Å². The number of fused-ring (bicyclic) bond motifs is 1. The number of hydrogen-bond acceptors (Lipinski definition) is 6. The molecule has 0 atom stereocenters. The van der Waals surface area contributed by atoms with Gasteiger partial charge in [0.25, 0.3) is 11.6 Å². The Kier molecular flexibility index (Phi) is 5.07. The highest BCUT2D eigenvalue weighted by Crippen LogP contribution is 2.31. The predicted molar refractivity (Wildman–Crippen MR) is 102 cm³/mol. The maximum Gasteiger partial charge on any atom is 0.328 e. The summed E-state index contributed by atoms with van der Waals surface area (Å²) in [5.41, 5.74) is 1.36. The van der Waals surface area contributed by atoms with Crippen molar-refractivity contribution in [3.8, 4) is 29.1 Å². The fourth-order valence-electron chi connectivity index (χ4n) is 2.61. The summed E-state index contributed by atoms with van der Waals surface area (Å²) in [6, 6.07) is 10.2. The second-order valence-electron chi connectivity index (χ2n) is 6.36. The molecule has 0 aliphatic carbocycles. The van der Waals surface area contributed by atoms with Gasteiger partial charge in [0, 0.05) is 11.6 Å². The fraction of sp³-hybridized carbons (Fsp3) is 0.190. The van der Waals surface area contributed by atoms with Gasteiger partial charge < -0.3 is 13.9 Å². The highest BCUT2D eigenvalue weighted by molar-refractivity contribution is 5.77. The van der Waals surface area contributed by atoms with Crippen LogP contribution in [0.3, 0.4) is 0 Å². The lowest BCUT2D eigenvalue weighted by atomic mass is 10.2. The Labute approximate surface area is 165 Å². The van der Waals surface area contributed by atoms with Crippen molar-refractivity contribution >= 4 is 11.2 Å². The molecule has 0 N–H and O–H groups in total. The van der Waals surface area contributed by atoms with Gasteiger partial charge in [-0.15, -0.1) is 0 Å². The van der Waals surface area contributed by atoms with Crippen molar-refractivity contribution in [1.82, 2.24) is 15.0 Å². The number of halogens is 2. The number of ether oxygens (including phenoxy) is 2. The van der Waals surface area contributed by atoms with E-state index >= 15 is 0 Å². The molecular formula is C21H17F2N3O3. The van der Waals surface area contributed by atoms with Gasteiger partial charge in [0.1, 0.15) is 17.4 Å². The van der Waals surface area contributed by atoms with E-state index < -0.39 is 11.6 Å². The standard InChI is InChI=1S/C21H17F2N3O3/c1-3-9-27-19-17-20(29-18(24-17)13-5-4-6-14(22)10-13)26-21(25-19)28-15-8-7-12(2)16(23)11-15/h4-8,10-11H,3,9H2,1-2H3. The largest absolute Gasteiger partial charge is 0.476 e. The number of benzene rings is 2. The first-order valence-electron chi connectivity index (χ1n) is 9.05. The van der Waals surface area contributed by atoms with Crippen molar-refractivity contribution in [2.45, 2.75) is 20.3 Å². The van der Waals surface area contributed by atoms with Crippen LogP contribution in [0.25, 0.3) is 22.7 Å². The average Bonchev–Trinajstić information content (AvgIpc) is 3.13. The van der Waals surface area contributed by atoms with E-state index in [1.807, 2.05) is 6.92 Å². The van der Waals surface area contributed by atoms with Gasteiger partial charge in [-0.2, -0.15) is 9.97 Å². The quantitative estimate of drug-likeness (QED) is 0.431. The molecule has 0 fully saturated rings. The molecule has 0 radical (unpaired) electrons. The molecule has 148 valence electrons. The number of rotatable bonds is 6. The van der Waals surface area contributed by atoms with E-state index in [0.29, 0.717) is 23.3 Å². The van der Waals surface area contributed by atoms with E-state index in [1.165, 1.54) is 18.2 Å². The van der Waals surface area contributed by atoms with E-state index in [9.17, 15) is 8.78 Å². The van der Waals surface area contributed by atoms with Crippen LogP contribution in [-0.2, 0) is 0 Å². The van der Waals surface area contributed by atoms with Gasteiger partial charge in [0.05, 0.1) is 6.61 Å². The zero-order chi connectivity index (χ0) is 20.4. The van der Waals surface area contributed by atoms with Gasteiger partial charge in [-0.1, -0.05) is 19.1 Å². The highest BCUT2D eigenvalue weighted by Gasteiger charge is 2.19. The number of aryl methyl sites for hydroxylation is 1. The Morgan fingerprint density at radius 1 is 1.03 bits per heavy atom. The summed E-state index contributed by atoms with van der Waals surface area (Å²) in [6.45, 7) is 4.00. The summed E-state index contributed by atoms with van der Waals surface area (Å²) in [6.07, 6.45) is 0.749. The molecule has 2 aromatic heterocycles. The lowest BCUT2D eigenvalue weighted by Crippen LogP contribution is -2.01. The molecule has 0 aliphatic heterocycles. The molecule has 4 rings (SSSR count). The third-order valence-corrected chi connectivity index (χ3v) is 4.07. The second kappa shape index (κ2) is 7.83. The van der Waals surface area contributed by atoms with Crippen molar-refractivity contribution in [3.05, 3.63) is 59.7 Å². The molecule has 0 unspecified atom stereocenters. The third-order valence-electron chi connectivity index (χ3n) is 4.07. The van der Waals surface area contributed by atoms with Crippen LogP contribution in [-0.4, -0.2) is 21.6 Å². The minimum atomic E-state index is -0.413. The van der Waals surface area contributed by atoms with Crippen molar-refractivity contribution < 1.29 is 22.7 Å². The predicted octanol–water partition coefficient (Wildman–Crippen LogP) is 5.45. The lowest BCUT2D eigenvalue weighted by molar-refractivity contribution is 0.302. The highest BCUT2D eigenvalue weighted by atomic mass is 19.1. The summed E-state index contributed by atoms with van der Waals surface area (Å²) < 4.78 is 44.3. The maximum atomic E-state index is 13.8. The second-order valence-corrected chi connectivity index (χ2v) is 6.36. The molecule has 0 amide bonds. The molecular weight excluding hydrogens is 380 g/mol. The molecule has 6 nitrogen and oxygen atoms in total. The Morgan fingerprint density at radius 3 is 2.66 bits per heavy atom. The summed E-state index contributed by atoms with van der Waals surface area (Å²) in [5.74, 6) is -0.235. The summed E-state index contributed by atoms with van der Waals surface area (Å²) in [7, 11) is 0. The van der Waals surface area contributed by atoms with Crippen molar-refractivity contribution in [1.29, 1.82) is 0 Å². The molecule has 0 saturated carbocycles. The van der Waals surface area contributed by atoms with Crippen LogP contribution in [0.5, 0.6) is 17.6 Å². The summed E-state index contributed by atoms with van der Waals surface area (Å²) in [4.78, 5) is 12.8. The first kappa shape index (κ1) is 18.8. The Morgan fingerprint density at radius 2 is 1.90 bits per heavy atom. The van der Waals surface area contributed by atoms with Crippen molar-refractivity contribution in [2.24, 2.45) is 0 Å². The first-order chi connectivity index (χ1) is 14.0. The minimum absolute atomic E-state index is 0.0752. The van der Waals surface area contributed by atoms with Crippen LogP contribution in [0.2, 0.25) is 0 Å². The topological polar surface area (TPSA) is 70.3 Å². The average molecular weight is 397 g/mol. The molecule has 2 aromatic carbocycles.